The van der Waals surface area contributed by atoms with Crippen LogP contribution in [-0.4, -0.2) is 45.9 Å². The maximum atomic E-state index is 12.5. The van der Waals surface area contributed by atoms with Crippen molar-refractivity contribution in [2.24, 2.45) is 0 Å². The van der Waals surface area contributed by atoms with Crippen molar-refractivity contribution >= 4 is 55.5 Å². The number of aromatic nitrogens is 4. The number of aryl methyl sites for hydroxylation is 2. The van der Waals surface area contributed by atoms with Gasteiger partial charge in [-0.2, -0.15) is 0 Å². The van der Waals surface area contributed by atoms with Crippen LogP contribution in [0.1, 0.15) is 26.1 Å². The van der Waals surface area contributed by atoms with E-state index in [0.29, 0.717) is 16.3 Å². The molecule has 32 heavy (non-hydrogen) atoms. The molecule has 0 radical (unpaired) electrons. The van der Waals surface area contributed by atoms with E-state index in [1.54, 1.807) is 23.9 Å². The Morgan fingerprint density at radius 3 is 2.38 bits per heavy atom. The molecule has 0 aliphatic rings. The molecular formula is C22H26ClN5O2S2. The molecule has 0 N–H and O–H groups in total. The lowest BCUT2D eigenvalue weighted by Gasteiger charge is -2.11. The molecule has 0 atom stereocenters. The summed E-state index contributed by atoms with van der Waals surface area (Å²) < 4.78 is 30.6. The van der Waals surface area contributed by atoms with Crippen molar-refractivity contribution in [1.29, 1.82) is 0 Å². The zero-order valence-electron chi connectivity index (χ0n) is 18.5. The second kappa shape index (κ2) is 9.05. The van der Waals surface area contributed by atoms with Crippen molar-refractivity contribution in [2.45, 2.75) is 49.2 Å². The minimum absolute atomic E-state index is 0.247. The molecule has 170 valence electrons. The van der Waals surface area contributed by atoms with E-state index in [1.807, 2.05) is 24.3 Å². The average molecular weight is 492 g/mol. The van der Waals surface area contributed by atoms with Crippen molar-refractivity contribution in [2.75, 3.05) is 14.1 Å². The second-order valence-electron chi connectivity index (χ2n) is 7.68. The molecule has 0 spiro atoms. The highest BCUT2D eigenvalue weighted by Crippen LogP contribution is 2.30. The lowest BCUT2D eigenvalue weighted by Crippen LogP contribution is -2.22. The number of nitrogens with zero attached hydrogens (tertiary/aromatic N) is 5. The molecular weight excluding hydrogens is 466 g/mol. The number of fused-ring (bicyclic) bond motifs is 2. The van der Waals surface area contributed by atoms with E-state index in [-0.39, 0.29) is 4.90 Å². The molecule has 0 fully saturated rings. The molecule has 0 saturated heterocycles. The average Bonchev–Trinajstić information content (AvgIpc) is 3.28. The summed E-state index contributed by atoms with van der Waals surface area (Å²) in [6.07, 6.45) is 0.998. The van der Waals surface area contributed by atoms with Crippen LogP contribution in [0, 0.1) is 0 Å². The van der Waals surface area contributed by atoms with Gasteiger partial charge in [0.25, 0.3) is 0 Å². The summed E-state index contributed by atoms with van der Waals surface area (Å²) >= 11 is 7.79. The predicted octanol–water partition coefficient (Wildman–Crippen LogP) is 5.01. The van der Waals surface area contributed by atoms with Gasteiger partial charge in [-0.15, -0.1) is 0 Å². The van der Waals surface area contributed by atoms with Crippen molar-refractivity contribution in [3.8, 4) is 0 Å². The number of hydrogen-bond acceptors (Lipinski definition) is 5. The molecule has 0 aliphatic carbocycles. The van der Waals surface area contributed by atoms with Crippen molar-refractivity contribution in [3.63, 3.8) is 0 Å². The highest BCUT2D eigenvalue weighted by molar-refractivity contribution is 7.98. The predicted molar refractivity (Wildman–Crippen MR) is 131 cm³/mol. The maximum absolute atomic E-state index is 12.5. The Kier molecular flexibility index (Phi) is 6.53. The normalized spacial score (nSPS) is 12.4. The van der Waals surface area contributed by atoms with Gasteiger partial charge in [-0.1, -0.05) is 30.3 Å². The molecule has 10 heteroatoms. The van der Waals surface area contributed by atoms with Gasteiger partial charge >= 0.3 is 0 Å². The van der Waals surface area contributed by atoms with E-state index in [0.717, 1.165) is 47.0 Å². The van der Waals surface area contributed by atoms with E-state index < -0.39 is 10.0 Å². The SMILES string of the molecule is CCCn1c(SCc2nc3cc(S(=O)(=O)N(C)C)ccc3n2CC)nc2cc(Cl)ccc21. The minimum atomic E-state index is -3.51. The molecule has 7 nitrogen and oxygen atoms in total. The van der Waals surface area contributed by atoms with Crippen molar-refractivity contribution in [3.05, 3.63) is 47.2 Å². The van der Waals surface area contributed by atoms with Crippen LogP contribution in [0.2, 0.25) is 5.02 Å². The van der Waals surface area contributed by atoms with Gasteiger partial charge in [0.2, 0.25) is 10.0 Å². The van der Waals surface area contributed by atoms with E-state index in [2.05, 4.69) is 23.0 Å². The fourth-order valence-electron chi connectivity index (χ4n) is 3.75. The smallest absolute Gasteiger partial charge is 0.242 e. The highest BCUT2D eigenvalue weighted by Gasteiger charge is 2.20. The fraction of sp³-hybridized carbons (Fsp3) is 0.364. The van der Waals surface area contributed by atoms with Crippen LogP contribution in [0.15, 0.2) is 46.5 Å². The molecule has 0 amide bonds. The third-order valence-corrected chi connectivity index (χ3v) is 8.36. The zero-order valence-corrected chi connectivity index (χ0v) is 20.9. The van der Waals surface area contributed by atoms with Crippen LogP contribution in [0.5, 0.6) is 0 Å². The maximum Gasteiger partial charge on any atom is 0.242 e. The van der Waals surface area contributed by atoms with Crippen LogP contribution in [-0.2, 0) is 28.9 Å². The fourth-order valence-corrected chi connectivity index (χ4v) is 5.83. The Bertz CT molecular complexity index is 1390. The Morgan fingerprint density at radius 2 is 1.69 bits per heavy atom. The van der Waals surface area contributed by atoms with Gasteiger partial charge < -0.3 is 9.13 Å². The molecule has 0 bridgehead atoms. The summed E-state index contributed by atoms with van der Waals surface area (Å²) in [4.78, 5) is 9.83. The quantitative estimate of drug-likeness (QED) is 0.324. The topological polar surface area (TPSA) is 73.0 Å². The van der Waals surface area contributed by atoms with Crippen molar-refractivity contribution < 1.29 is 8.42 Å². The van der Waals surface area contributed by atoms with Gasteiger partial charge in [0, 0.05) is 32.2 Å². The largest absolute Gasteiger partial charge is 0.328 e. The molecule has 0 aliphatic heterocycles. The van der Waals surface area contributed by atoms with Crippen LogP contribution < -0.4 is 0 Å². The molecule has 2 heterocycles. The summed E-state index contributed by atoms with van der Waals surface area (Å²) in [6, 6.07) is 10.9. The van der Waals surface area contributed by atoms with Gasteiger partial charge in [0.05, 0.1) is 32.7 Å². The summed E-state index contributed by atoms with van der Waals surface area (Å²) in [5.74, 6) is 1.51. The summed E-state index contributed by atoms with van der Waals surface area (Å²) in [5.41, 5.74) is 3.56. The molecule has 4 rings (SSSR count). The van der Waals surface area contributed by atoms with E-state index >= 15 is 0 Å². The first-order chi connectivity index (χ1) is 15.3. The number of halogens is 1. The van der Waals surface area contributed by atoms with Crippen molar-refractivity contribution in [1.82, 2.24) is 23.4 Å². The Hall–Kier alpha value is -2.07. The summed E-state index contributed by atoms with van der Waals surface area (Å²) in [5, 5.41) is 1.60. The van der Waals surface area contributed by atoms with Gasteiger partial charge in [-0.3, -0.25) is 0 Å². The van der Waals surface area contributed by atoms with Crippen LogP contribution in [0.4, 0.5) is 0 Å². The Labute approximate surface area is 197 Å². The van der Waals surface area contributed by atoms with Crippen LogP contribution in [0.3, 0.4) is 0 Å². The molecule has 2 aromatic heterocycles. The number of imidazole rings is 2. The zero-order chi connectivity index (χ0) is 23.0. The standard InChI is InChI=1S/C22H26ClN5O2S2/c1-5-11-28-20-9-7-15(23)12-17(20)25-22(28)31-14-21-24-18-13-16(32(29,30)26(3)4)8-10-19(18)27(21)6-2/h7-10,12-13H,5-6,11,14H2,1-4H3. The lowest BCUT2D eigenvalue weighted by atomic mass is 10.3. The summed E-state index contributed by atoms with van der Waals surface area (Å²) in [7, 11) is -0.450. The third kappa shape index (κ3) is 4.14. The first-order valence-electron chi connectivity index (χ1n) is 10.5. The monoisotopic (exact) mass is 491 g/mol. The van der Waals surface area contributed by atoms with E-state index in [9.17, 15) is 8.42 Å². The first kappa shape index (κ1) is 23.1. The molecule has 4 aromatic rings. The minimum Gasteiger partial charge on any atom is -0.328 e. The number of rotatable bonds is 8. The van der Waals surface area contributed by atoms with Gasteiger partial charge in [-0.05, 0) is 49.7 Å². The highest BCUT2D eigenvalue weighted by atomic mass is 35.5. The number of thioether (sulfide) groups is 1. The molecule has 2 aromatic carbocycles. The number of benzene rings is 2. The number of hydrogen-bond donors (Lipinski definition) is 0. The van der Waals surface area contributed by atoms with Gasteiger partial charge in [0.1, 0.15) is 5.82 Å². The second-order valence-corrected chi connectivity index (χ2v) is 11.2. The van der Waals surface area contributed by atoms with Crippen LogP contribution in [0.25, 0.3) is 22.1 Å². The van der Waals surface area contributed by atoms with Crippen LogP contribution >= 0.6 is 23.4 Å². The van der Waals surface area contributed by atoms with Gasteiger partial charge in [-0.25, -0.2) is 22.7 Å². The van der Waals surface area contributed by atoms with E-state index in [4.69, 9.17) is 21.6 Å². The first-order valence-corrected chi connectivity index (χ1v) is 13.3. The molecule has 0 unspecified atom stereocenters. The third-order valence-electron chi connectivity index (χ3n) is 5.35. The molecule has 0 saturated carbocycles. The lowest BCUT2D eigenvalue weighted by molar-refractivity contribution is 0.521. The Morgan fingerprint density at radius 1 is 1.00 bits per heavy atom. The Balaban J connectivity index is 1.70. The number of sulfonamides is 1. The summed E-state index contributed by atoms with van der Waals surface area (Å²) in [6.45, 7) is 5.82. The van der Waals surface area contributed by atoms with E-state index in [1.165, 1.54) is 18.4 Å². The van der Waals surface area contributed by atoms with Gasteiger partial charge in [0.15, 0.2) is 5.16 Å².